The van der Waals surface area contributed by atoms with Gasteiger partial charge in [0.2, 0.25) is 11.8 Å². The van der Waals surface area contributed by atoms with E-state index in [2.05, 4.69) is 4.98 Å². The molecule has 1 aromatic carbocycles. The van der Waals surface area contributed by atoms with Crippen LogP contribution in [-0.4, -0.2) is 22.0 Å². The normalized spacial score (nSPS) is 10.1. The maximum absolute atomic E-state index is 13.0. The van der Waals surface area contributed by atoms with Gasteiger partial charge in [0.25, 0.3) is 0 Å². The predicted molar refractivity (Wildman–Crippen MR) is 66.2 cm³/mol. The van der Waals surface area contributed by atoms with Crippen molar-refractivity contribution in [3.63, 3.8) is 0 Å². The number of carbonyl (C=O) groups is 2. The molecule has 2 aromatic rings. The minimum absolute atomic E-state index is 0.0572. The summed E-state index contributed by atoms with van der Waals surface area (Å²) in [7, 11) is 0. The van der Waals surface area contributed by atoms with E-state index in [1.165, 1.54) is 24.4 Å². The summed E-state index contributed by atoms with van der Waals surface area (Å²) in [6.45, 7) is 0. The highest BCUT2D eigenvalue weighted by molar-refractivity contribution is 5.92. The molecule has 0 fully saturated rings. The molecule has 0 radical (unpaired) electrons. The summed E-state index contributed by atoms with van der Waals surface area (Å²) in [5, 5.41) is 8.96. The summed E-state index contributed by atoms with van der Waals surface area (Å²) in [5.41, 5.74) is 4.92. The Morgan fingerprint density at radius 3 is 2.55 bits per heavy atom. The van der Waals surface area contributed by atoms with Crippen LogP contribution in [0, 0.1) is 5.82 Å². The van der Waals surface area contributed by atoms with Gasteiger partial charge in [0.1, 0.15) is 17.1 Å². The van der Waals surface area contributed by atoms with Crippen molar-refractivity contribution in [2.24, 2.45) is 5.73 Å². The Morgan fingerprint density at radius 1 is 1.25 bits per heavy atom. The third-order valence-electron chi connectivity index (χ3n) is 2.41. The molecule has 0 spiro atoms. The fourth-order valence-corrected chi connectivity index (χ4v) is 1.46. The van der Waals surface area contributed by atoms with Crippen LogP contribution in [0.15, 0.2) is 36.5 Å². The Bertz CT molecular complexity index is 671. The largest absolute Gasteiger partial charge is 0.478 e. The van der Waals surface area contributed by atoms with Gasteiger partial charge in [-0.3, -0.25) is 4.79 Å². The van der Waals surface area contributed by atoms with E-state index in [0.29, 0.717) is 0 Å². The van der Waals surface area contributed by atoms with E-state index in [9.17, 15) is 14.0 Å². The van der Waals surface area contributed by atoms with Gasteiger partial charge in [-0.05, 0) is 24.3 Å². The van der Waals surface area contributed by atoms with Gasteiger partial charge >= 0.3 is 5.97 Å². The number of aromatic nitrogens is 1. The first-order chi connectivity index (χ1) is 9.47. The fourth-order valence-electron chi connectivity index (χ4n) is 1.46. The molecule has 0 saturated carbocycles. The van der Waals surface area contributed by atoms with Crippen LogP contribution in [0.4, 0.5) is 4.39 Å². The van der Waals surface area contributed by atoms with Crippen LogP contribution < -0.4 is 10.5 Å². The number of carbonyl (C=O) groups excluding carboxylic acids is 1. The molecule has 3 N–H and O–H groups in total. The van der Waals surface area contributed by atoms with Gasteiger partial charge in [0, 0.05) is 12.3 Å². The zero-order chi connectivity index (χ0) is 14.7. The van der Waals surface area contributed by atoms with Gasteiger partial charge in [-0.1, -0.05) is 0 Å². The zero-order valence-corrected chi connectivity index (χ0v) is 10.0. The molecule has 6 nitrogen and oxygen atoms in total. The summed E-state index contributed by atoms with van der Waals surface area (Å²) in [6.07, 6.45) is 1.20. The number of hydrogen-bond donors (Lipinski definition) is 2. The summed E-state index contributed by atoms with van der Waals surface area (Å²) >= 11 is 0. The zero-order valence-electron chi connectivity index (χ0n) is 10.0. The molecule has 0 aliphatic carbocycles. The summed E-state index contributed by atoms with van der Waals surface area (Å²) in [5.74, 6) is -2.65. The predicted octanol–water partition coefficient (Wildman–Crippen LogP) is 1.81. The SMILES string of the molecule is NC(=O)c1ccc(Oc2ccc(F)cc2C(=O)O)nc1. The summed E-state index contributed by atoms with van der Waals surface area (Å²) in [6, 6.07) is 5.83. The van der Waals surface area contributed by atoms with Crippen LogP contribution in [0.3, 0.4) is 0 Å². The van der Waals surface area contributed by atoms with Crippen LogP contribution in [0.5, 0.6) is 11.6 Å². The van der Waals surface area contributed by atoms with Crippen LogP contribution in [-0.2, 0) is 0 Å². The second-order valence-electron chi connectivity index (χ2n) is 3.80. The Hall–Kier alpha value is -2.96. The number of aromatic carboxylic acids is 1. The van der Waals surface area contributed by atoms with E-state index in [1.807, 2.05) is 0 Å². The lowest BCUT2D eigenvalue weighted by Gasteiger charge is -2.08. The molecule has 0 atom stereocenters. The molecule has 0 aliphatic rings. The molecule has 102 valence electrons. The number of benzene rings is 1. The van der Waals surface area contributed by atoms with Crippen LogP contribution in [0.1, 0.15) is 20.7 Å². The van der Waals surface area contributed by atoms with E-state index in [4.69, 9.17) is 15.6 Å². The van der Waals surface area contributed by atoms with E-state index in [-0.39, 0.29) is 22.8 Å². The maximum atomic E-state index is 13.0. The molecule has 0 aliphatic heterocycles. The first-order valence-corrected chi connectivity index (χ1v) is 5.44. The number of pyridine rings is 1. The molecule has 7 heteroatoms. The molecule has 1 aromatic heterocycles. The number of ether oxygens (including phenoxy) is 1. The highest BCUT2D eigenvalue weighted by Crippen LogP contribution is 2.25. The number of rotatable bonds is 4. The van der Waals surface area contributed by atoms with Crippen LogP contribution >= 0.6 is 0 Å². The van der Waals surface area contributed by atoms with Gasteiger partial charge in [0.15, 0.2) is 0 Å². The molecular formula is C13H9FN2O4. The lowest BCUT2D eigenvalue weighted by atomic mass is 10.2. The highest BCUT2D eigenvalue weighted by Gasteiger charge is 2.14. The quantitative estimate of drug-likeness (QED) is 0.886. The van der Waals surface area contributed by atoms with Gasteiger partial charge in [-0.25, -0.2) is 14.2 Å². The summed E-state index contributed by atoms with van der Waals surface area (Å²) in [4.78, 5) is 25.7. The smallest absolute Gasteiger partial charge is 0.339 e. The minimum Gasteiger partial charge on any atom is -0.478 e. The number of nitrogens with two attached hydrogens (primary N) is 1. The van der Waals surface area contributed by atoms with Gasteiger partial charge in [0.05, 0.1) is 5.56 Å². The first kappa shape index (κ1) is 13.5. The minimum atomic E-state index is -1.33. The Kier molecular flexibility index (Phi) is 3.60. The van der Waals surface area contributed by atoms with E-state index < -0.39 is 17.7 Å². The van der Waals surface area contributed by atoms with Crippen molar-refractivity contribution in [2.75, 3.05) is 0 Å². The van der Waals surface area contributed by atoms with E-state index in [0.717, 1.165) is 12.1 Å². The van der Waals surface area contributed by atoms with Crippen molar-refractivity contribution < 1.29 is 23.8 Å². The van der Waals surface area contributed by atoms with Crippen LogP contribution in [0.25, 0.3) is 0 Å². The number of primary amides is 1. The number of carboxylic acids is 1. The van der Waals surface area contributed by atoms with Gasteiger partial charge in [-0.15, -0.1) is 0 Å². The van der Waals surface area contributed by atoms with Crippen molar-refractivity contribution in [3.05, 3.63) is 53.5 Å². The maximum Gasteiger partial charge on any atom is 0.339 e. The van der Waals surface area contributed by atoms with E-state index >= 15 is 0 Å². The second-order valence-corrected chi connectivity index (χ2v) is 3.80. The average Bonchev–Trinajstić information content (AvgIpc) is 2.41. The molecule has 0 bridgehead atoms. The average molecular weight is 276 g/mol. The van der Waals surface area contributed by atoms with Crippen molar-refractivity contribution >= 4 is 11.9 Å². The molecule has 1 amide bonds. The molecule has 0 saturated heterocycles. The lowest BCUT2D eigenvalue weighted by molar-refractivity contribution is 0.0693. The Balaban J connectivity index is 2.30. The van der Waals surface area contributed by atoms with Gasteiger partial charge in [-0.2, -0.15) is 0 Å². The van der Waals surface area contributed by atoms with E-state index in [1.54, 1.807) is 0 Å². The number of halogens is 1. The molecule has 1 heterocycles. The Labute approximate surface area is 112 Å². The van der Waals surface area contributed by atoms with Crippen molar-refractivity contribution in [3.8, 4) is 11.6 Å². The number of hydrogen-bond acceptors (Lipinski definition) is 4. The Morgan fingerprint density at radius 2 is 2.00 bits per heavy atom. The third kappa shape index (κ3) is 2.89. The number of nitrogens with zero attached hydrogens (tertiary/aromatic N) is 1. The highest BCUT2D eigenvalue weighted by atomic mass is 19.1. The molecule has 2 rings (SSSR count). The van der Waals surface area contributed by atoms with Crippen molar-refractivity contribution in [1.29, 1.82) is 0 Å². The first-order valence-electron chi connectivity index (χ1n) is 5.44. The molecule has 20 heavy (non-hydrogen) atoms. The second kappa shape index (κ2) is 5.35. The lowest BCUT2D eigenvalue weighted by Crippen LogP contribution is -2.11. The van der Waals surface area contributed by atoms with Crippen LogP contribution in [0.2, 0.25) is 0 Å². The third-order valence-corrected chi connectivity index (χ3v) is 2.41. The number of amides is 1. The number of carboxylic acid groups (broad SMARTS) is 1. The summed E-state index contributed by atoms with van der Waals surface area (Å²) < 4.78 is 18.3. The van der Waals surface area contributed by atoms with Gasteiger partial charge < -0.3 is 15.6 Å². The molecule has 0 unspecified atom stereocenters. The van der Waals surface area contributed by atoms with Crippen molar-refractivity contribution in [1.82, 2.24) is 4.98 Å². The molecular weight excluding hydrogens is 267 g/mol. The van der Waals surface area contributed by atoms with Crippen molar-refractivity contribution in [2.45, 2.75) is 0 Å². The standard InChI is InChI=1S/C13H9FN2O4/c14-8-2-3-10(9(5-8)13(18)19)20-11-4-1-7(6-16-11)12(15)17/h1-6H,(H2,15,17)(H,18,19). The monoisotopic (exact) mass is 276 g/mol. The topological polar surface area (TPSA) is 103 Å². The fraction of sp³-hybridized carbons (Fsp3) is 0.